The van der Waals surface area contributed by atoms with Crippen LogP contribution in [-0.4, -0.2) is 45.8 Å². The van der Waals surface area contributed by atoms with Gasteiger partial charge >= 0.3 is 5.97 Å². The summed E-state index contributed by atoms with van der Waals surface area (Å²) in [5.41, 5.74) is 1.49. The Bertz CT molecular complexity index is 614. The third-order valence-electron chi connectivity index (χ3n) is 5.55. The van der Waals surface area contributed by atoms with Crippen LogP contribution in [0.4, 0.5) is 0 Å². The molecule has 138 valence electrons. The highest BCUT2D eigenvalue weighted by atomic mass is 16.5. The summed E-state index contributed by atoms with van der Waals surface area (Å²) < 4.78 is 6.87. The van der Waals surface area contributed by atoms with Gasteiger partial charge in [0.25, 0.3) is 5.91 Å². The fourth-order valence-corrected chi connectivity index (χ4v) is 3.84. The van der Waals surface area contributed by atoms with Crippen molar-refractivity contribution < 1.29 is 14.3 Å². The molecule has 2 saturated carbocycles. The fourth-order valence-electron chi connectivity index (χ4n) is 3.84. The summed E-state index contributed by atoms with van der Waals surface area (Å²) in [7, 11) is 1.86. The van der Waals surface area contributed by atoms with Gasteiger partial charge in [-0.05, 0) is 45.1 Å². The van der Waals surface area contributed by atoms with Crippen LogP contribution >= 0.6 is 0 Å². The first-order valence-electron chi connectivity index (χ1n) is 9.49. The van der Waals surface area contributed by atoms with Crippen LogP contribution < -0.4 is 0 Å². The molecule has 1 heterocycles. The minimum absolute atomic E-state index is 0.00473. The monoisotopic (exact) mass is 347 g/mol. The van der Waals surface area contributed by atoms with Gasteiger partial charge in [0.2, 0.25) is 0 Å². The van der Waals surface area contributed by atoms with Gasteiger partial charge in [-0.15, -0.1) is 0 Å². The standard InChI is InChI=1S/C19H29N3O3/c1-4-25-19(24)16-11-14(16)12-22(15-8-6-5-7-9-15)18(23)17-10-13(2)21(3)20-17/h10,14-16H,4-9,11-12H2,1-3H3/t14-,16+/m0/s1. The average Bonchev–Trinajstić information content (AvgIpc) is 3.31. The zero-order valence-corrected chi connectivity index (χ0v) is 15.5. The Morgan fingerprint density at radius 3 is 2.64 bits per heavy atom. The number of aryl methyl sites for hydroxylation is 2. The fraction of sp³-hybridized carbons (Fsp3) is 0.737. The Morgan fingerprint density at radius 2 is 2.04 bits per heavy atom. The van der Waals surface area contributed by atoms with Crippen molar-refractivity contribution in [3.05, 3.63) is 17.5 Å². The molecule has 25 heavy (non-hydrogen) atoms. The lowest BCUT2D eigenvalue weighted by atomic mass is 9.93. The van der Waals surface area contributed by atoms with Gasteiger partial charge in [0.05, 0.1) is 12.5 Å². The van der Waals surface area contributed by atoms with E-state index < -0.39 is 0 Å². The first-order valence-corrected chi connectivity index (χ1v) is 9.49. The van der Waals surface area contributed by atoms with Gasteiger partial charge in [-0.1, -0.05) is 19.3 Å². The summed E-state index contributed by atoms with van der Waals surface area (Å²) in [6.45, 7) is 4.84. The zero-order chi connectivity index (χ0) is 18.0. The molecule has 1 aromatic heterocycles. The number of nitrogens with zero attached hydrogens (tertiary/aromatic N) is 3. The second-order valence-corrected chi connectivity index (χ2v) is 7.40. The summed E-state index contributed by atoms with van der Waals surface area (Å²) in [6, 6.07) is 2.13. The van der Waals surface area contributed by atoms with Crippen molar-refractivity contribution in [3.63, 3.8) is 0 Å². The van der Waals surface area contributed by atoms with E-state index in [0.717, 1.165) is 25.0 Å². The highest BCUT2D eigenvalue weighted by Gasteiger charge is 2.46. The number of amides is 1. The summed E-state index contributed by atoms with van der Waals surface area (Å²) in [4.78, 5) is 27.0. The maximum absolute atomic E-state index is 13.1. The van der Waals surface area contributed by atoms with Gasteiger partial charge in [0, 0.05) is 25.3 Å². The van der Waals surface area contributed by atoms with E-state index in [9.17, 15) is 9.59 Å². The average molecular weight is 347 g/mol. The number of ether oxygens (including phenoxy) is 1. The molecule has 2 fully saturated rings. The normalized spacial score (nSPS) is 23.3. The number of esters is 1. The van der Waals surface area contributed by atoms with Crippen molar-refractivity contribution in [1.29, 1.82) is 0 Å². The third kappa shape index (κ3) is 4.05. The van der Waals surface area contributed by atoms with E-state index in [-0.39, 0.29) is 29.8 Å². The molecule has 0 bridgehead atoms. The predicted molar refractivity (Wildman–Crippen MR) is 94.1 cm³/mol. The van der Waals surface area contributed by atoms with Crippen LogP contribution in [0.2, 0.25) is 0 Å². The third-order valence-corrected chi connectivity index (χ3v) is 5.55. The summed E-state index contributed by atoms with van der Waals surface area (Å²) in [5.74, 6) is 0.0846. The lowest BCUT2D eigenvalue weighted by molar-refractivity contribution is -0.145. The van der Waals surface area contributed by atoms with E-state index >= 15 is 0 Å². The predicted octanol–water partition coefficient (Wildman–Crippen LogP) is 2.70. The quantitative estimate of drug-likeness (QED) is 0.742. The van der Waals surface area contributed by atoms with Gasteiger partial charge in [-0.2, -0.15) is 5.10 Å². The molecule has 3 rings (SSSR count). The SMILES string of the molecule is CCOC(=O)[C@@H]1C[C@H]1CN(C(=O)c1cc(C)n(C)n1)C1CCCCC1. The highest BCUT2D eigenvalue weighted by Crippen LogP contribution is 2.41. The second-order valence-electron chi connectivity index (χ2n) is 7.40. The maximum Gasteiger partial charge on any atom is 0.309 e. The van der Waals surface area contributed by atoms with E-state index in [2.05, 4.69) is 5.10 Å². The summed E-state index contributed by atoms with van der Waals surface area (Å²) in [6.07, 6.45) is 6.51. The molecule has 0 N–H and O–H groups in total. The molecule has 2 atom stereocenters. The van der Waals surface area contributed by atoms with Crippen LogP contribution in [0.1, 0.15) is 61.6 Å². The topological polar surface area (TPSA) is 64.4 Å². The summed E-state index contributed by atoms with van der Waals surface area (Å²) in [5, 5.41) is 4.37. The Kier molecular flexibility index (Phi) is 5.45. The molecule has 0 spiro atoms. The first kappa shape index (κ1) is 18.0. The smallest absolute Gasteiger partial charge is 0.309 e. The van der Waals surface area contributed by atoms with Crippen molar-refractivity contribution in [1.82, 2.24) is 14.7 Å². The number of carbonyl (C=O) groups is 2. The van der Waals surface area contributed by atoms with Gasteiger partial charge in [-0.25, -0.2) is 0 Å². The Balaban J connectivity index is 1.71. The highest BCUT2D eigenvalue weighted by molar-refractivity contribution is 5.92. The van der Waals surface area contributed by atoms with Crippen molar-refractivity contribution in [2.24, 2.45) is 18.9 Å². The Hall–Kier alpha value is -1.85. The van der Waals surface area contributed by atoms with Crippen LogP contribution in [0, 0.1) is 18.8 Å². The number of hydrogen-bond acceptors (Lipinski definition) is 4. The lowest BCUT2D eigenvalue weighted by Gasteiger charge is -2.34. The van der Waals surface area contributed by atoms with Gasteiger partial charge in [0.1, 0.15) is 0 Å². The van der Waals surface area contributed by atoms with Crippen LogP contribution in [0.5, 0.6) is 0 Å². The van der Waals surface area contributed by atoms with Gasteiger partial charge in [-0.3, -0.25) is 14.3 Å². The minimum Gasteiger partial charge on any atom is -0.466 e. The van der Waals surface area contributed by atoms with Crippen LogP contribution in [0.3, 0.4) is 0 Å². The number of hydrogen-bond donors (Lipinski definition) is 0. The van der Waals surface area contributed by atoms with E-state index in [4.69, 9.17) is 4.74 Å². The Morgan fingerprint density at radius 1 is 1.32 bits per heavy atom. The molecule has 2 aliphatic carbocycles. The molecular formula is C19H29N3O3. The summed E-state index contributed by atoms with van der Waals surface area (Å²) >= 11 is 0. The molecule has 0 radical (unpaired) electrons. The van der Waals surface area contributed by atoms with E-state index in [1.807, 2.05) is 31.9 Å². The van der Waals surface area contributed by atoms with Crippen LogP contribution in [0.25, 0.3) is 0 Å². The maximum atomic E-state index is 13.1. The first-order chi connectivity index (χ1) is 12.0. The Labute approximate surface area is 149 Å². The molecule has 6 heteroatoms. The molecule has 1 aromatic rings. The zero-order valence-electron chi connectivity index (χ0n) is 15.5. The lowest BCUT2D eigenvalue weighted by Crippen LogP contribution is -2.43. The molecular weight excluding hydrogens is 318 g/mol. The van der Waals surface area contributed by atoms with E-state index in [1.165, 1.54) is 19.3 Å². The van der Waals surface area contributed by atoms with Crippen molar-refractivity contribution in [3.8, 4) is 0 Å². The molecule has 0 aliphatic heterocycles. The number of rotatable bonds is 6. The molecule has 0 unspecified atom stereocenters. The molecule has 0 saturated heterocycles. The van der Waals surface area contributed by atoms with Crippen molar-refractivity contribution in [2.45, 2.75) is 58.4 Å². The van der Waals surface area contributed by atoms with Crippen LogP contribution in [0.15, 0.2) is 6.07 Å². The second kappa shape index (κ2) is 7.58. The van der Waals surface area contributed by atoms with Gasteiger partial charge in [0.15, 0.2) is 5.69 Å². The molecule has 6 nitrogen and oxygen atoms in total. The van der Waals surface area contributed by atoms with Gasteiger partial charge < -0.3 is 9.64 Å². The van der Waals surface area contributed by atoms with Crippen LogP contribution in [-0.2, 0) is 16.6 Å². The number of aromatic nitrogens is 2. The molecule has 1 amide bonds. The van der Waals surface area contributed by atoms with E-state index in [0.29, 0.717) is 18.8 Å². The molecule has 2 aliphatic rings. The largest absolute Gasteiger partial charge is 0.466 e. The van der Waals surface area contributed by atoms with Crippen molar-refractivity contribution >= 4 is 11.9 Å². The van der Waals surface area contributed by atoms with Crippen molar-refractivity contribution in [2.75, 3.05) is 13.2 Å². The number of carbonyl (C=O) groups excluding carboxylic acids is 2. The molecule has 0 aromatic carbocycles. The minimum atomic E-state index is -0.114. The van der Waals surface area contributed by atoms with E-state index in [1.54, 1.807) is 4.68 Å².